The third-order valence-corrected chi connectivity index (χ3v) is 3.27. The third kappa shape index (κ3) is 3.82. The molecule has 0 spiro atoms. The average Bonchev–Trinajstić information content (AvgIpc) is 2.42. The minimum Gasteiger partial charge on any atom is -0.298 e. The highest BCUT2D eigenvalue weighted by molar-refractivity contribution is 6.31. The molecule has 0 saturated carbocycles. The van der Waals surface area contributed by atoms with Crippen LogP contribution < -0.4 is 0 Å². The second-order valence-corrected chi connectivity index (χ2v) is 4.98. The van der Waals surface area contributed by atoms with Crippen LogP contribution in [0.5, 0.6) is 0 Å². The zero-order valence-electron chi connectivity index (χ0n) is 10.8. The number of halogens is 1. The van der Waals surface area contributed by atoms with Crippen molar-refractivity contribution in [1.29, 1.82) is 5.26 Å². The maximum atomic E-state index is 8.81. The van der Waals surface area contributed by atoms with Gasteiger partial charge in [-0.2, -0.15) is 5.26 Å². The van der Waals surface area contributed by atoms with E-state index >= 15 is 0 Å². The number of hydrogen-bond donors (Lipinski definition) is 0. The summed E-state index contributed by atoms with van der Waals surface area (Å²) < 4.78 is 0. The van der Waals surface area contributed by atoms with Crippen LogP contribution in [0.2, 0.25) is 5.02 Å². The van der Waals surface area contributed by atoms with E-state index < -0.39 is 0 Å². The van der Waals surface area contributed by atoms with Crippen LogP contribution in [-0.2, 0) is 13.1 Å². The van der Waals surface area contributed by atoms with Crippen molar-refractivity contribution in [3.8, 4) is 6.07 Å². The topological polar surface area (TPSA) is 27.0 Å². The highest BCUT2D eigenvalue weighted by Crippen LogP contribution is 2.19. The van der Waals surface area contributed by atoms with Gasteiger partial charge in [-0.3, -0.25) is 4.90 Å². The fraction of sp³-hybridized carbons (Fsp3) is 0.188. The van der Waals surface area contributed by atoms with Gasteiger partial charge >= 0.3 is 0 Å². The van der Waals surface area contributed by atoms with Gasteiger partial charge in [-0.05, 0) is 30.3 Å². The Bertz CT molecular complexity index is 587. The van der Waals surface area contributed by atoms with Crippen LogP contribution in [0, 0.1) is 11.3 Å². The van der Waals surface area contributed by atoms with E-state index in [9.17, 15) is 0 Å². The van der Waals surface area contributed by atoms with Crippen molar-refractivity contribution in [2.24, 2.45) is 0 Å². The van der Waals surface area contributed by atoms with Gasteiger partial charge in [-0.25, -0.2) is 0 Å². The molecule has 0 N–H and O–H groups in total. The second kappa shape index (κ2) is 6.38. The van der Waals surface area contributed by atoms with E-state index in [0.717, 1.165) is 18.7 Å². The van der Waals surface area contributed by atoms with Crippen LogP contribution in [0.15, 0.2) is 48.5 Å². The zero-order chi connectivity index (χ0) is 13.7. The maximum absolute atomic E-state index is 8.81. The van der Waals surface area contributed by atoms with Gasteiger partial charge < -0.3 is 0 Å². The standard InChI is InChI=1S/C16H15ClN2/c1-19(11-13-5-3-2-4-6-13)12-15-8-7-14(10-18)9-16(15)17/h2-9H,11-12H2,1H3. The van der Waals surface area contributed by atoms with Crippen molar-refractivity contribution < 1.29 is 0 Å². The summed E-state index contributed by atoms with van der Waals surface area (Å²) in [7, 11) is 2.06. The van der Waals surface area contributed by atoms with Crippen LogP contribution in [0.1, 0.15) is 16.7 Å². The normalized spacial score (nSPS) is 10.4. The monoisotopic (exact) mass is 270 g/mol. The molecule has 96 valence electrons. The Labute approximate surface area is 118 Å². The summed E-state index contributed by atoms with van der Waals surface area (Å²) >= 11 is 6.18. The Hall–Kier alpha value is -1.82. The van der Waals surface area contributed by atoms with Crippen molar-refractivity contribution >= 4 is 11.6 Å². The van der Waals surface area contributed by atoms with Crippen molar-refractivity contribution in [3.05, 3.63) is 70.2 Å². The summed E-state index contributed by atoms with van der Waals surface area (Å²) in [4.78, 5) is 2.20. The fourth-order valence-electron chi connectivity index (χ4n) is 1.99. The number of nitriles is 1. The highest BCUT2D eigenvalue weighted by atomic mass is 35.5. The van der Waals surface area contributed by atoms with E-state index in [0.29, 0.717) is 10.6 Å². The molecule has 19 heavy (non-hydrogen) atoms. The largest absolute Gasteiger partial charge is 0.298 e. The minimum atomic E-state index is 0.597. The summed E-state index contributed by atoms with van der Waals surface area (Å²) in [5.41, 5.74) is 2.91. The molecule has 0 aliphatic carbocycles. The number of rotatable bonds is 4. The summed E-state index contributed by atoms with van der Waals surface area (Å²) in [5, 5.41) is 9.46. The smallest absolute Gasteiger partial charge is 0.0992 e. The molecule has 0 bridgehead atoms. The number of nitrogens with zero attached hydrogens (tertiary/aromatic N) is 2. The van der Waals surface area contributed by atoms with E-state index in [4.69, 9.17) is 16.9 Å². The van der Waals surface area contributed by atoms with Crippen molar-refractivity contribution in [1.82, 2.24) is 4.90 Å². The van der Waals surface area contributed by atoms with Gasteiger partial charge in [-0.15, -0.1) is 0 Å². The lowest BCUT2D eigenvalue weighted by Crippen LogP contribution is -2.17. The van der Waals surface area contributed by atoms with E-state index in [1.165, 1.54) is 5.56 Å². The lowest BCUT2D eigenvalue weighted by molar-refractivity contribution is 0.319. The van der Waals surface area contributed by atoms with Gasteiger partial charge in [-0.1, -0.05) is 48.0 Å². The van der Waals surface area contributed by atoms with Gasteiger partial charge in [0.15, 0.2) is 0 Å². The van der Waals surface area contributed by atoms with Gasteiger partial charge in [0, 0.05) is 18.1 Å². The highest BCUT2D eigenvalue weighted by Gasteiger charge is 2.06. The molecule has 0 amide bonds. The van der Waals surface area contributed by atoms with Crippen LogP contribution in [-0.4, -0.2) is 11.9 Å². The Morgan fingerprint density at radius 3 is 2.47 bits per heavy atom. The van der Waals surface area contributed by atoms with Crippen molar-refractivity contribution in [2.75, 3.05) is 7.05 Å². The van der Waals surface area contributed by atoms with Crippen LogP contribution in [0.3, 0.4) is 0 Å². The Balaban J connectivity index is 2.03. The Kier molecular flexibility index (Phi) is 4.57. The average molecular weight is 271 g/mol. The molecule has 0 radical (unpaired) electrons. The Morgan fingerprint density at radius 2 is 1.84 bits per heavy atom. The van der Waals surface area contributed by atoms with Crippen LogP contribution in [0.25, 0.3) is 0 Å². The minimum absolute atomic E-state index is 0.597. The summed E-state index contributed by atoms with van der Waals surface area (Å²) in [5.74, 6) is 0. The van der Waals surface area contributed by atoms with Gasteiger partial charge in [0.25, 0.3) is 0 Å². The van der Waals surface area contributed by atoms with E-state index in [-0.39, 0.29) is 0 Å². The van der Waals surface area contributed by atoms with Gasteiger partial charge in [0.05, 0.1) is 11.6 Å². The second-order valence-electron chi connectivity index (χ2n) is 4.58. The van der Waals surface area contributed by atoms with E-state index in [1.807, 2.05) is 24.3 Å². The third-order valence-electron chi connectivity index (χ3n) is 2.92. The van der Waals surface area contributed by atoms with Gasteiger partial charge in [0.2, 0.25) is 0 Å². The molecule has 3 heteroatoms. The van der Waals surface area contributed by atoms with Gasteiger partial charge in [0.1, 0.15) is 0 Å². The SMILES string of the molecule is CN(Cc1ccccc1)Cc1ccc(C#N)cc1Cl. The molecule has 0 unspecified atom stereocenters. The first kappa shape index (κ1) is 13.6. The lowest BCUT2D eigenvalue weighted by Gasteiger charge is -2.17. The molecule has 2 nitrogen and oxygen atoms in total. The predicted octanol–water partition coefficient (Wildman–Crippen LogP) is 3.84. The molecule has 0 aliphatic rings. The predicted molar refractivity (Wildman–Crippen MR) is 77.8 cm³/mol. The summed E-state index contributed by atoms with van der Waals surface area (Å²) in [6.45, 7) is 1.64. The molecule has 0 heterocycles. The molecule has 2 aromatic carbocycles. The lowest BCUT2D eigenvalue weighted by atomic mass is 10.1. The van der Waals surface area contributed by atoms with Crippen LogP contribution in [0.4, 0.5) is 0 Å². The van der Waals surface area contributed by atoms with Crippen molar-refractivity contribution in [2.45, 2.75) is 13.1 Å². The van der Waals surface area contributed by atoms with E-state index in [2.05, 4.69) is 30.1 Å². The maximum Gasteiger partial charge on any atom is 0.0992 e. The molecule has 0 aromatic heterocycles. The first-order valence-corrected chi connectivity index (χ1v) is 6.48. The van der Waals surface area contributed by atoms with E-state index in [1.54, 1.807) is 12.1 Å². The van der Waals surface area contributed by atoms with Crippen molar-refractivity contribution in [3.63, 3.8) is 0 Å². The molecule has 0 aliphatic heterocycles. The molecule has 2 rings (SSSR count). The molecular weight excluding hydrogens is 256 g/mol. The van der Waals surface area contributed by atoms with Crippen LogP contribution >= 0.6 is 11.6 Å². The summed E-state index contributed by atoms with van der Waals surface area (Å²) in [6, 6.07) is 17.8. The molecule has 0 atom stereocenters. The molecular formula is C16H15ClN2. The molecule has 0 saturated heterocycles. The quantitative estimate of drug-likeness (QED) is 0.844. The summed E-state index contributed by atoms with van der Waals surface area (Å²) in [6.07, 6.45) is 0. The zero-order valence-corrected chi connectivity index (χ0v) is 11.6. The molecule has 0 fully saturated rings. The Morgan fingerprint density at radius 1 is 1.11 bits per heavy atom. The molecule has 2 aromatic rings. The first-order chi connectivity index (χ1) is 9.19. The number of hydrogen-bond acceptors (Lipinski definition) is 2. The fourth-order valence-corrected chi connectivity index (χ4v) is 2.23. The number of benzene rings is 2. The first-order valence-electron chi connectivity index (χ1n) is 6.10.